The van der Waals surface area contributed by atoms with Crippen LogP contribution in [0, 0.1) is 0 Å². The first-order valence-electron chi connectivity index (χ1n) is 13.0. The minimum absolute atomic E-state index is 0.0796. The third kappa shape index (κ3) is 4.64. The number of benzene rings is 2. The van der Waals surface area contributed by atoms with Gasteiger partial charge in [0.2, 0.25) is 5.91 Å². The van der Waals surface area contributed by atoms with E-state index in [1.807, 2.05) is 78.2 Å². The maximum atomic E-state index is 14.0. The molecule has 1 aliphatic carbocycles. The Kier molecular flexibility index (Phi) is 6.86. The molecule has 0 radical (unpaired) electrons. The summed E-state index contributed by atoms with van der Waals surface area (Å²) in [6.45, 7) is 2.64. The van der Waals surface area contributed by atoms with Gasteiger partial charge in [0.05, 0.1) is 13.7 Å². The fraction of sp³-hybridized carbons (Fsp3) is 0.400. The van der Waals surface area contributed by atoms with Gasteiger partial charge in [0.25, 0.3) is 5.91 Å². The Morgan fingerprint density at radius 1 is 0.972 bits per heavy atom. The zero-order chi connectivity index (χ0) is 25.1. The number of methoxy groups -OCH3 is 1. The summed E-state index contributed by atoms with van der Waals surface area (Å²) in [6.07, 6.45) is 6.70. The van der Waals surface area contributed by atoms with Crippen LogP contribution in [0.15, 0.2) is 66.7 Å². The van der Waals surface area contributed by atoms with Gasteiger partial charge in [-0.05, 0) is 55.2 Å². The lowest BCUT2D eigenvalue weighted by molar-refractivity contribution is -0.134. The summed E-state index contributed by atoms with van der Waals surface area (Å²) < 4.78 is 7.42. The molecule has 1 atom stereocenters. The van der Waals surface area contributed by atoms with E-state index in [9.17, 15) is 9.59 Å². The van der Waals surface area contributed by atoms with Crippen LogP contribution in [0.5, 0.6) is 5.75 Å². The predicted molar refractivity (Wildman–Crippen MR) is 141 cm³/mol. The Balaban J connectivity index is 1.52. The van der Waals surface area contributed by atoms with E-state index in [1.54, 1.807) is 12.0 Å². The van der Waals surface area contributed by atoms with Crippen molar-refractivity contribution in [2.75, 3.05) is 7.11 Å². The van der Waals surface area contributed by atoms with E-state index in [1.165, 1.54) is 12.8 Å². The number of ether oxygens (including phenoxy) is 1. The van der Waals surface area contributed by atoms with Crippen LogP contribution in [0.25, 0.3) is 11.3 Å². The Hall–Kier alpha value is -3.54. The smallest absolute Gasteiger partial charge is 0.271 e. The fourth-order valence-corrected chi connectivity index (χ4v) is 5.60. The van der Waals surface area contributed by atoms with Gasteiger partial charge in [-0.3, -0.25) is 9.59 Å². The highest BCUT2D eigenvalue weighted by Crippen LogP contribution is 2.35. The van der Waals surface area contributed by atoms with Gasteiger partial charge in [-0.1, -0.05) is 68.1 Å². The molecular weight excluding hydrogens is 450 g/mol. The second-order valence-corrected chi connectivity index (χ2v) is 10.2. The first-order chi connectivity index (χ1) is 17.5. The number of hydrogen-bond donors (Lipinski definition) is 1. The van der Waals surface area contributed by atoms with Gasteiger partial charge in [-0.2, -0.15) is 0 Å². The summed E-state index contributed by atoms with van der Waals surface area (Å²) >= 11 is 0. The van der Waals surface area contributed by atoms with Crippen LogP contribution < -0.4 is 10.1 Å². The summed E-state index contributed by atoms with van der Waals surface area (Å²) in [5.74, 6) is 0.519. The highest BCUT2D eigenvalue weighted by atomic mass is 16.5. The molecule has 1 N–H and O–H groups in total. The topological polar surface area (TPSA) is 63.6 Å². The summed E-state index contributed by atoms with van der Waals surface area (Å²) in [7, 11) is 1.63. The molecule has 0 unspecified atom stereocenters. The van der Waals surface area contributed by atoms with Crippen molar-refractivity contribution in [1.29, 1.82) is 0 Å². The Morgan fingerprint density at radius 2 is 1.69 bits per heavy atom. The Bertz CT molecular complexity index is 1230. The third-order valence-electron chi connectivity index (χ3n) is 7.73. The first kappa shape index (κ1) is 24.2. The minimum atomic E-state index is -1.04. The van der Waals surface area contributed by atoms with Crippen molar-refractivity contribution in [2.24, 2.45) is 0 Å². The van der Waals surface area contributed by atoms with Gasteiger partial charge >= 0.3 is 0 Å². The molecule has 2 amide bonds. The van der Waals surface area contributed by atoms with Crippen LogP contribution in [-0.4, -0.2) is 40.0 Å². The van der Waals surface area contributed by atoms with Gasteiger partial charge < -0.3 is 19.5 Å². The van der Waals surface area contributed by atoms with Gasteiger partial charge in [0, 0.05) is 18.3 Å². The second kappa shape index (κ2) is 10.2. The summed E-state index contributed by atoms with van der Waals surface area (Å²) in [4.78, 5) is 29.7. The average molecular weight is 486 g/mol. The van der Waals surface area contributed by atoms with Crippen molar-refractivity contribution in [3.05, 3.63) is 78.0 Å². The van der Waals surface area contributed by atoms with E-state index < -0.39 is 5.54 Å². The highest BCUT2D eigenvalue weighted by Gasteiger charge is 2.48. The molecule has 6 nitrogen and oxygen atoms in total. The van der Waals surface area contributed by atoms with Crippen LogP contribution in [0.4, 0.5) is 0 Å². The van der Waals surface area contributed by atoms with E-state index in [0.717, 1.165) is 48.3 Å². The van der Waals surface area contributed by atoms with Crippen LogP contribution in [0.1, 0.15) is 61.5 Å². The lowest BCUT2D eigenvalue weighted by Gasteiger charge is -2.45. The molecular formula is C30H35N3O3. The molecule has 1 saturated carbocycles. The summed E-state index contributed by atoms with van der Waals surface area (Å²) in [6, 6.07) is 21.8. The van der Waals surface area contributed by atoms with Gasteiger partial charge in [0.1, 0.15) is 17.0 Å². The lowest BCUT2D eigenvalue weighted by Crippen LogP contribution is -2.64. The highest BCUT2D eigenvalue weighted by molar-refractivity contribution is 6.00. The molecule has 1 fully saturated rings. The molecule has 1 aliphatic heterocycles. The van der Waals surface area contributed by atoms with Crippen molar-refractivity contribution in [1.82, 2.24) is 14.8 Å². The SMILES string of the molecule is COc1cccc(CN2C(=O)c3ccc(-c4ccccc4)n3C[C@]2(C)C(=O)NC2CCCCCC2)c1. The van der Waals surface area contributed by atoms with Crippen molar-refractivity contribution in [2.45, 2.75) is 70.1 Å². The number of carbonyl (C=O) groups is 2. The largest absolute Gasteiger partial charge is 0.497 e. The van der Waals surface area contributed by atoms with Gasteiger partial charge in [-0.15, -0.1) is 0 Å². The van der Waals surface area contributed by atoms with Crippen molar-refractivity contribution in [3.63, 3.8) is 0 Å². The number of nitrogens with zero attached hydrogens (tertiary/aromatic N) is 2. The van der Waals surface area contributed by atoms with E-state index in [2.05, 4.69) is 5.32 Å². The van der Waals surface area contributed by atoms with E-state index in [4.69, 9.17) is 4.74 Å². The molecule has 36 heavy (non-hydrogen) atoms. The Labute approximate surface area is 213 Å². The Morgan fingerprint density at radius 3 is 2.42 bits per heavy atom. The monoisotopic (exact) mass is 485 g/mol. The maximum Gasteiger partial charge on any atom is 0.271 e. The fourth-order valence-electron chi connectivity index (χ4n) is 5.60. The maximum absolute atomic E-state index is 14.0. The van der Waals surface area contributed by atoms with E-state index in [-0.39, 0.29) is 17.9 Å². The quantitative estimate of drug-likeness (QED) is 0.475. The predicted octanol–water partition coefficient (Wildman–Crippen LogP) is 5.42. The number of rotatable bonds is 6. The molecule has 0 bridgehead atoms. The van der Waals surface area contributed by atoms with Crippen LogP contribution in [-0.2, 0) is 17.9 Å². The van der Waals surface area contributed by atoms with Crippen LogP contribution in [0.2, 0.25) is 0 Å². The second-order valence-electron chi connectivity index (χ2n) is 10.2. The summed E-state index contributed by atoms with van der Waals surface area (Å²) in [5.41, 5.74) is 2.48. The van der Waals surface area contributed by atoms with E-state index in [0.29, 0.717) is 18.8 Å². The zero-order valence-electron chi connectivity index (χ0n) is 21.2. The summed E-state index contributed by atoms with van der Waals surface area (Å²) in [5, 5.41) is 3.34. The van der Waals surface area contributed by atoms with Crippen LogP contribution in [0.3, 0.4) is 0 Å². The van der Waals surface area contributed by atoms with E-state index >= 15 is 0 Å². The number of hydrogen-bond acceptors (Lipinski definition) is 3. The molecule has 0 saturated heterocycles. The molecule has 2 heterocycles. The number of carbonyl (C=O) groups excluding carboxylic acids is 2. The number of aromatic nitrogens is 1. The molecule has 5 rings (SSSR count). The molecule has 3 aromatic rings. The molecule has 6 heteroatoms. The lowest BCUT2D eigenvalue weighted by atomic mass is 9.92. The normalized spacial score (nSPS) is 20.5. The third-order valence-corrected chi connectivity index (χ3v) is 7.73. The standard InChI is InChI=1S/C30H35N3O3/c1-30(29(35)31-24-14-8-3-4-9-15-24)21-32-26(23-12-6-5-7-13-23)17-18-27(32)28(34)33(30)20-22-11-10-16-25(19-22)36-2/h5-7,10-13,16-19,24H,3-4,8-9,14-15,20-21H2,1-2H3,(H,31,35)/t30-/m1/s1. The number of amides is 2. The van der Waals surface area contributed by atoms with Gasteiger partial charge in [0.15, 0.2) is 0 Å². The van der Waals surface area contributed by atoms with Crippen molar-refractivity contribution in [3.8, 4) is 17.0 Å². The first-order valence-corrected chi connectivity index (χ1v) is 13.0. The molecule has 1 aromatic heterocycles. The molecule has 0 spiro atoms. The van der Waals surface area contributed by atoms with Gasteiger partial charge in [-0.25, -0.2) is 0 Å². The minimum Gasteiger partial charge on any atom is -0.497 e. The zero-order valence-corrected chi connectivity index (χ0v) is 21.2. The number of fused-ring (bicyclic) bond motifs is 1. The number of nitrogens with one attached hydrogen (secondary N) is 1. The average Bonchev–Trinajstić information content (AvgIpc) is 3.14. The molecule has 2 aliphatic rings. The van der Waals surface area contributed by atoms with Crippen LogP contribution >= 0.6 is 0 Å². The molecule has 2 aromatic carbocycles. The molecule has 188 valence electrons. The van der Waals surface area contributed by atoms with Crippen molar-refractivity contribution >= 4 is 11.8 Å². The van der Waals surface area contributed by atoms with Crippen molar-refractivity contribution < 1.29 is 14.3 Å².